The minimum absolute atomic E-state index is 0.168. The van der Waals surface area contributed by atoms with Gasteiger partial charge in [-0.2, -0.15) is 0 Å². The number of anilines is 2. The van der Waals surface area contributed by atoms with Gasteiger partial charge in [-0.25, -0.2) is 4.79 Å². The summed E-state index contributed by atoms with van der Waals surface area (Å²) in [4.78, 5) is 21.9. The van der Waals surface area contributed by atoms with Crippen molar-refractivity contribution >= 4 is 23.3 Å². The second-order valence-corrected chi connectivity index (χ2v) is 3.16. The van der Waals surface area contributed by atoms with Gasteiger partial charge in [0.1, 0.15) is 0 Å². The molecule has 16 heavy (non-hydrogen) atoms. The van der Waals surface area contributed by atoms with Crippen LogP contribution >= 0.6 is 0 Å². The highest BCUT2D eigenvalue weighted by molar-refractivity contribution is 5.93. The number of urea groups is 1. The number of hydrogen-bond acceptors (Lipinski definition) is 3. The third-order valence-electron chi connectivity index (χ3n) is 1.79. The van der Waals surface area contributed by atoms with Crippen LogP contribution in [0.1, 0.15) is 6.42 Å². The Morgan fingerprint density at radius 2 is 1.81 bits per heavy atom. The molecule has 0 aromatic heterocycles. The fourth-order valence-corrected chi connectivity index (χ4v) is 1.17. The van der Waals surface area contributed by atoms with E-state index in [0.717, 1.165) is 0 Å². The van der Waals surface area contributed by atoms with E-state index in [2.05, 4.69) is 10.6 Å². The first-order valence-electron chi connectivity index (χ1n) is 4.78. The Labute approximate surface area is 93.0 Å². The first-order valence-corrected chi connectivity index (χ1v) is 4.78. The summed E-state index contributed by atoms with van der Waals surface area (Å²) in [5.74, 6) is -0.168. The first-order chi connectivity index (χ1) is 7.61. The monoisotopic (exact) mass is 222 g/mol. The van der Waals surface area contributed by atoms with Gasteiger partial charge in [0, 0.05) is 24.3 Å². The summed E-state index contributed by atoms with van der Waals surface area (Å²) in [7, 11) is 0. The summed E-state index contributed by atoms with van der Waals surface area (Å²) in [6.45, 7) is 0.297. The van der Waals surface area contributed by atoms with Gasteiger partial charge in [0.05, 0.1) is 0 Å². The van der Waals surface area contributed by atoms with Crippen LogP contribution in [-0.4, -0.2) is 18.5 Å². The Morgan fingerprint density at radius 1 is 1.19 bits per heavy atom. The number of carbonyl (C=O) groups excluding carboxylic acids is 2. The Hall–Kier alpha value is -2.08. The van der Waals surface area contributed by atoms with Crippen molar-refractivity contribution in [1.82, 2.24) is 0 Å². The molecular weight excluding hydrogens is 208 g/mol. The quantitative estimate of drug-likeness (QED) is 0.594. The highest BCUT2D eigenvalue weighted by Crippen LogP contribution is 2.14. The summed E-state index contributed by atoms with van der Waals surface area (Å²) in [6.07, 6.45) is 0.257. The molecule has 0 heterocycles. The van der Waals surface area contributed by atoms with E-state index in [-0.39, 0.29) is 12.3 Å². The standard InChI is InChI=1S/C10H14N4O2/c11-5-4-9(15)13-7-2-1-3-8(6-7)14-10(12)16/h1-3,6H,4-5,11H2,(H,13,15)(H3,12,14,16). The van der Waals surface area contributed by atoms with Crippen molar-refractivity contribution in [2.45, 2.75) is 6.42 Å². The fourth-order valence-electron chi connectivity index (χ4n) is 1.17. The SMILES string of the molecule is NCCC(=O)Nc1cccc(NC(N)=O)c1. The number of primary amides is 1. The van der Waals surface area contributed by atoms with E-state index < -0.39 is 6.03 Å². The maximum Gasteiger partial charge on any atom is 0.316 e. The van der Waals surface area contributed by atoms with Gasteiger partial charge < -0.3 is 22.1 Å². The van der Waals surface area contributed by atoms with E-state index in [1.54, 1.807) is 24.3 Å². The number of carbonyl (C=O) groups is 2. The molecule has 1 aromatic rings. The van der Waals surface area contributed by atoms with Crippen LogP contribution in [-0.2, 0) is 4.79 Å². The molecule has 0 aliphatic heterocycles. The molecule has 0 saturated heterocycles. The number of hydrogen-bond donors (Lipinski definition) is 4. The van der Waals surface area contributed by atoms with Crippen molar-refractivity contribution in [3.05, 3.63) is 24.3 Å². The number of amides is 3. The summed E-state index contributed by atoms with van der Waals surface area (Å²) in [6, 6.07) is 6.04. The third kappa shape index (κ3) is 3.97. The predicted molar refractivity (Wildman–Crippen MR) is 61.9 cm³/mol. The number of rotatable bonds is 4. The van der Waals surface area contributed by atoms with Crippen molar-refractivity contribution in [1.29, 1.82) is 0 Å². The average molecular weight is 222 g/mol. The Bertz CT molecular complexity index is 392. The Morgan fingerprint density at radius 3 is 2.38 bits per heavy atom. The molecule has 6 heteroatoms. The van der Waals surface area contributed by atoms with Crippen LogP contribution in [0.3, 0.4) is 0 Å². The lowest BCUT2D eigenvalue weighted by atomic mass is 10.2. The van der Waals surface area contributed by atoms with Gasteiger partial charge in [-0.15, -0.1) is 0 Å². The lowest BCUT2D eigenvalue weighted by Crippen LogP contribution is -2.19. The zero-order chi connectivity index (χ0) is 12.0. The molecule has 0 spiro atoms. The number of benzene rings is 1. The molecule has 0 radical (unpaired) electrons. The zero-order valence-electron chi connectivity index (χ0n) is 8.69. The van der Waals surface area contributed by atoms with E-state index >= 15 is 0 Å². The van der Waals surface area contributed by atoms with Gasteiger partial charge in [-0.1, -0.05) is 6.07 Å². The minimum atomic E-state index is -0.648. The molecule has 0 atom stereocenters. The van der Waals surface area contributed by atoms with E-state index in [1.807, 2.05) is 0 Å². The third-order valence-corrected chi connectivity index (χ3v) is 1.79. The lowest BCUT2D eigenvalue weighted by Gasteiger charge is -2.06. The van der Waals surface area contributed by atoms with E-state index in [1.165, 1.54) is 0 Å². The lowest BCUT2D eigenvalue weighted by molar-refractivity contribution is -0.116. The molecule has 0 aliphatic carbocycles. The smallest absolute Gasteiger partial charge is 0.316 e. The van der Waals surface area contributed by atoms with Gasteiger partial charge in [0.2, 0.25) is 5.91 Å². The van der Waals surface area contributed by atoms with Crippen LogP contribution in [0.2, 0.25) is 0 Å². The van der Waals surface area contributed by atoms with Crippen LogP contribution in [0.25, 0.3) is 0 Å². The molecule has 86 valence electrons. The van der Waals surface area contributed by atoms with E-state index in [4.69, 9.17) is 11.5 Å². The molecule has 1 rings (SSSR count). The Balaban J connectivity index is 2.67. The van der Waals surface area contributed by atoms with Gasteiger partial charge in [-0.3, -0.25) is 4.79 Å². The van der Waals surface area contributed by atoms with Crippen molar-refractivity contribution in [2.24, 2.45) is 11.5 Å². The van der Waals surface area contributed by atoms with Crippen molar-refractivity contribution in [2.75, 3.05) is 17.2 Å². The predicted octanol–water partition coefficient (Wildman–Crippen LogP) is 0.464. The second kappa shape index (κ2) is 5.72. The van der Waals surface area contributed by atoms with Crippen LogP contribution in [0.5, 0.6) is 0 Å². The van der Waals surface area contributed by atoms with Crippen molar-refractivity contribution < 1.29 is 9.59 Å². The van der Waals surface area contributed by atoms with E-state index in [9.17, 15) is 9.59 Å². The van der Waals surface area contributed by atoms with Gasteiger partial charge in [0.25, 0.3) is 0 Å². The largest absolute Gasteiger partial charge is 0.351 e. The molecule has 6 nitrogen and oxygen atoms in total. The highest BCUT2D eigenvalue weighted by Gasteiger charge is 2.02. The Kier molecular flexibility index (Phi) is 4.28. The first kappa shape index (κ1) is 12.0. The summed E-state index contributed by atoms with van der Waals surface area (Å²) in [5.41, 5.74) is 11.3. The molecule has 1 aromatic carbocycles. The normalized spacial score (nSPS) is 9.56. The maximum atomic E-state index is 11.2. The summed E-state index contributed by atoms with van der Waals surface area (Å²) < 4.78 is 0. The molecule has 0 fully saturated rings. The van der Waals surface area contributed by atoms with Crippen molar-refractivity contribution in [3.63, 3.8) is 0 Å². The van der Waals surface area contributed by atoms with Crippen molar-refractivity contribution in [3.8, 4) is 0 Å². The number of nitrogens with two attached hydrogens (primary N) is 2. The van der Waals surface area contributed by atoms with Crippen LogP contribution in [0, 0.1) is 0 Å². The summed E-state index contributed by atoms with van der Waals surface area (Å²) >= 11 is 0. The zero-order valence-corrected chi connectivity index (χ0v) is 8.69. The summed E-state index contributed by atoms with van der Waals surface area (Å²) in [5, 5.41) is 5.06. The number of nitrogens with one attached hydrogen (secondary N) is 2. The van der Waals surface area contributed by atoms with Gasteiger partial charge in [0.15, 0.2) is 0 Å². The minimum Gasteiger partial charge on any atom is -0.351 e. The molecule has 0 unspecified atom stereocenters. The molecular formula is C10H14N4O2. The van der Waals surface area contributed by atoms with Gasteiger partial charge in [-0.05, 0) is 18.2 Å². The van der Waals surface area contributed by atoms with Crippen LogP contribution in [0.4, 0.5) is 16.2 Å². The topological polar surface area (TPSA) is 110 Å². The molecule has 0 aliphatic rings. The van der Waals surface area contributed by atoms with Crippen LogP contribution < -0.4 is 22.1 Å². The fraction of sp³-hybridized carbons (Fsp3) is 0.200. The van der Waals surface area contributed by atoms with Gasteiger partial charge >= 0.3 is 6.03 Å². The molecule has 0 saturated carbocycles. The maximum absolute atomic E-state index is 11.2. The molecule has 6 N–H and O–H groups in total. The van der Waals surface area contributed by atoms with Crippen LogP contribution in [0.15, 0.2) is 24.3 Å². The molecule has 0 bridgehead atoms. The average Bonchev–Trinajstić information content (AvgIpc) is 2.17. The highest BCUT2D eigenvalue weighted by atomic mass is 16.2. The van der Waals surface area contributed by atoms with E-state index in [0.29, 0.717) is 17.9 Å². The molecule has 3 amide bonds. The second-order valence-electron chi connectivity index (χ2n) is 3.16.